The summed E-state index contributed by atoms with van der Waals surface area (Å²) in [6.07, 6.45) is 1.50. The minimum Gasteiger partial charge on any atom is -0.396 e. The van der Waals surface area contributed by atoms with Crippen molar-refractivity contribution in [2.24, 2.45) is 11.1 Å². The number of urea groups is 1. The van der Waals surface area contributed by atoms with Gasteiger partial charge in [-0.2, -0.15) is 5.26 Å². The molecule has 1 rings (SSSR count). The summed E-state index contributed by atoms with van der Waals surface area (Å²) < 4.78 is 0. The topological polar surface area (TPSA) is 104 Å². The van der Waals surface area contributed by atoms with E-state index in [0.717, 1.165) is 6.21 Å². The SMILES string of the molecule is CCON=CC(=O)NC(=O)NC1CC1C#N. The number of imide groups is 1. The highest BCUT2D eigenvalue weighted by molar-refractivity contribution is 6.29. The van der Waals surface area contributed by atoms with Gasteiger partial charge in [-0.15, -0.1) is 0 Å². The molecule has 0 aromatic carbocycles. The highest BCUT2D eigenvalue weighted by atomic mass is 16.6. The monoisotopic (exact) mass is 224 g/mol. The van der Waals surface area contributed by atoms with E-state index in [1.807, 2.05) is 11.4 Å². The normalized spacial score (nSPS) is 22.2. The number of carbonyl (C=O) groups is 2. The molecule has 1 aliphatic carbocycles. The van der Waals surface area contributed by atoms with Crippen molar-refractivity contribution in [3.8, 4) is 6.07 Å². The maximum absolute atomic E-state index is 11.1. The van der Waals surface area contributed by atoms with Gasteiger partial charge in [0.05, 0.1) is 12.0 Å². The molecule has 1 saturated carbocycles. The molecule has 0 spiro atoms. The standard InChI is InChI=1S/C9H12N4O3/c1-2-16-11-5-8(14)13-9(15)12-7-3-6(7)4-10/h5-7H,2-3H2,1H3,(H2,12,13,14,15). The maximum Gasteiger partial charge on any atom is 0.321 e. The third-order valence-corrected chi connectivity index (χ3v) is 1.88. The van der Waals surface area contributed by atoms with Crippen LogP contribution in [0.3, 0.4) is 0 Å². The van der Waals surface area contributed by atoms with Crippen molar-refractivity contribution in [1.29, 1.82) is 5.26 Å². The molecule has 7 heteroatoms. The molecule has 7 nitrogen and oxygen atoms in total. The second kappa shape index (κ2) is 5.70. The lowest BCUT2D eigenvalue weighted by atomic mass is 10.4. The zero-order chi connectivity index (χ0) is 12.0. The van der Waals surface area contributed by atoms with Crippen LogP contribution >= 0.6 is 0 Å². The Morgan fingerprint density at radius 1 is 1.69 bits per heavy atom. The summed E-state index contributed by atoms with van der Waals surface area (Å²) in [4.78, 5) is 26.7. The molecule has 0 heterocycles. The fourth-order valence-corrected chi connectivity index (χ4v) is 1.01. The fraction of sp³-hybridized carbons (Fsp3) is 0.556. The molecule has 0 radical (unpaired) electrons. The minimum atomic E-state index is -0.667. The molecule has 0 aromatic heterocycles. The summed E-state index contributed by atoms with van der Waals surface area (Å²) in [6.45, 7) is 2.07. The molecule has 2 atom stereocenters. The van der Waals surface area contributed by atoms with Crippen molar-refractivity contribution in [3.05, 3.63) is 0 Å². The number of oxime groups is 1. The molecule has 1 fully saturated rings. The molecule has 1 aliphatic rings. The van der Waals surface area contributed by atoms with Gasteiger partial charge in [0.25, 0.3) is 5.91 Å². The Hall–Kier alpha value is -2.10. The van der Waals surface area contributed by atoms with Crippen molar-refractivity contribution in [1.82, 2.24) is 10.6 Å². The average molecular weight is 224 g/mol. The molecule has 3 amide bonds. The Morgan fingerprint density at radius 3 is 3.00 bits per heavy atom. The van der Waals surface area contributed by atoms with Crippen LogP contribution in [0, 0.1) is 17.2 Å². The van der Waals surface area contributed by atoms with Crippen LogP contribution in [0.2, 0.25) is 0 Å². The second-order valence-corrected chi connectivity index (χ2v) is 3.19. The highest BCUT2D eigenvalue weighted by Gasteiger charge is 2.38. The first-order valence-electron chi connectivity index (χ1n) is 4.83. The van der Waals surface area contributed by atoms with Crippen LogP contribution in [0.5, 0.6) is 0 Å². The zero-order valence-electron chi connectivity index (χ0n) is 8.77. The van der Waals surface area contributed by atoms with Crippen molar-refractivity contribution in [2.45, 2.75) is 19.4 Å². The molecular formula is C9H12N4O3. The number of carbonyl (C=O) groups excluding carboxylic acids is 2. The third-order valence-electron chi connectivity index (χ3n) is 1.88. The Labute approximate surface area is 92.4 Å². The molecule has 16 heavy (non-hydrogen) atoms. The van der Waals surface area contributed by atoms with Crippen LogP contribution in [-0.4, -0.2) is 30.8 Å². The largest absolute Gasteiger partial charge is 0.396 e. The summed E-state index contributed by atoms with van der Waals surface area (Å²) in [5.41, 5.74) is 0. The van der Waals surface area contributed by atoms with Crippen LogP contribution in [0.1, 0.15) is 13.3 Å². The van der Waals surface area contributed by atoms with E-state index in [1.165, 1.54) is 0 Å². The van der Waals surface area contributed by atoms with Gasteiger partial charge >= 0.3 is 6.03 Å². The molecule has 2 unspecified atom stereocenters. The summed E-state index contributed by atoms with van der Waals surface area (Å²) in [5, 5.41) is 16.3. The zero-order valence-corrected chi connectivity index (χ0v) is 8.77. The Morgan fingerprint density at radius 2 is 2.44 bits per heavy atom. The summed E-state index contributed by atoms with van der Waals surface area (Å²) in [6, 6.07) is 1.24. The Kier molecular flexibility index (Phi) is 4.27. The van der Waals surface area contributed by atoms with E-state index in [9.17, 15) is 9.59 Å². The average Bonchev–Trinajstić information content (AvgIpc) is 2.96. The number of hydrogen-bond donors (Lipinski definition) is 2. The first kappa shape index (κ1) is 12.0. The lowest BCUT2D eigenvalue weighted by molar-refractivity contribution is -0.113. The van der Waals surface area contributed by atoms with Gasteiger partial charge in [-0.3, -0.25) is 10.1 Å². The van der Waals surface area contributed by atoms with E-state index in [1.54, 1.807) is 6.92 Å². The second-order valence-electron chi connectivity index (χ2n) is 3.19. The van der Waals surface area contributed by atoms with Gasteiger partial charge in [0.2, 0.25) is 0 Å². The van der Waals surface area contributed by atoms with Gasteiger partial charge in [-0.1, -0.05) is 5.16 Å². The highest BCUT2D eigenvalue weighted by Crippen LogP contribution is 2.28. The number of amides is 3. The molecular weight excluding hydrogens is 212 g/mol. The number of nitrogens with one attached hydrogen (secondary N) is 2. The quantitative estimate of drug-likeness (QED) is 0.507. The minimum absolute atomic E-state index is 0.141. The summed E-state index contributed by atoms with van der Waals surface area (Å²) >= 11 is 0. The summed E-state index contributed by atoms with van der Waals surface area (Å²) in [7, 11) is 0. The van der Waals surface area contributed by atoms with Crippen LogP contribution < -0.4 is 10.6 Å². The van der Waals surface area contributed by atoms with Gasteiger partial charge in [-0.05, 0) is 13.3 Å². The number of nitrogens with zero attached hydrogens (tertiary/aromatic N) is 2. The van der Waals surface area contributed by atoms with E-state index in [-0.39, 0.29) is 12.0 Å². The molecule has 86 valence electrons. The van der Waals surface area contributed by atoms with Gasteiger partial charge in [0.1, 0.15) is 12.8 Å². The number of nitriles is 1. The van der Waals surface area contributed by atoms with E-state index < -0.39 is 11.9 Å². The van der Waals surface area contributed by atoms with E-state index >= 15 is 0 Å². The van der Waals surface area contributed by atoms with Crippen LogP contribution in [0.4, 0.5) is 4.79 Å². The molecule has 0 bridgehead atoms. The lowest BCUT2D eigenvalue weighted by Crippen LogP contribution is -2.41. The maximum atomic E-state index is 11.1. The number of hydrogen-bond acceptors (Lipinski definition) is 5. The van der Waals surface area contributed by atoms with Crippen LogP contribution in [0.25, 0.3) is 0 Å². The van der Waals surface area contributed by atoms with Gasteiger partial charge < -0.3 is 10.2 Å². The van der Waals surface area contributed by atoms with E-state index in [0.29, 0.717) is 13.0 Å². The predicted molar refractivity (Wildman–Crippen MR) is 54.3 cm³/mol. The first-order chi connectivity index (χ1) is 7.67. The molecule has 0 aromatic rings. The van der Waals surface area contributed by atoms with Gasteiger partial charge in [0, 0.05) is 6.04 Å². The Bertz CT molecular complexity index is 347. The van der Waals surface area contributed by atoms with Crippen molar-refractivity contribution in [2.75, 3.05) is 6.61 Å². The summed E-state index contributed by atoms with van der Waals surface area (Å²) in [5.74, 6) is -0.807. The Balaban J connectivity index is 2.19. The van der Waals surface area contributed by atoms with E-state index in [4.69, 9.17) is 5.26 Å². The molecule has 0 aliphatic heterocycles. The van der Waals surface area contributed by atoms with Crippen LogP contribution in [0.15, 0.2) is 5.16 Å². The van der Waals surface area contributed by atoms with Gasteiger partial charge in [-0.25, -0.2) is 4.79 Å². The van der Waals surface area contributed by atoms with Gasteiger partial charge in [0.15, 0.2) is 0 Å². The van der Waals surface area contributed by atoms with Crippen LogP contribution in [-0.2, 0) is 9.63 Å². The lowest BCUT2D eigenvalue weighted by Gasteiger charge is -2.02. The van der Waals surface area contributed by atoms with Crippen molar-refractivity contribution in [3.63, 3.8) is 0 Å². The smallest absolute Gasteiger partial charge is 0.321 e. The first-order valence-corrected chi connectivity index (χ1v) is 4.83. The fourth-order valence-electron chi connectivity index (χ4n) is 1.01. The molecule has 0 saturated heterocycles. The predicted octanol–water partition coefficient (Wildman–Crippen LogP) is -0.253. The van der Waals surface area contributed by atoms with Crippen molar-refractivity contribution < 1.29 is 14.4 Å². The number of rotatable bonds is 4. The third kappa shape index (κ3) is 3.96. The van der Waals surface area contributed by atoms with E-state index in [2.05, 4.69) is 15.3 Å². The molecule has 2 N–H and O–H groups in total. The van der Waals surface area contributed by atoms with Crippen molar-refractivity contribution >= 4 is 18.2 Å².